The molecular formula is C13H19N3O7. The van der Waals surface area contributed by atoms with Crippen molar-refractivity contribution in [1.82, 2.24) is 0 Å². The summed E-state index contributed by atoms with van der Waals surface area (Å²) in [5.41, 5.74) is 8.62. The quantitative estimate of drug-likeness (QED) is 0.242. The number of ether oxygens (including phenoxy) is 4. The number of hydrogen-bond donors (Lipinski definition) is 0. The highest BCUT2D eigenvalue weighted by atomic mass is 16.6. The van der Waals surface area contributed by atoms with Crippen molar-refractivity contribution < 1.29 is 33.3 Å². The van der Waals surface area contributed by atoms with Crippen LogP contribution < -0.4 is 0 Å². The fourth-order valence-electron chi connectivity index (χ4n) is 2.27. The Morgan fingerprint density at radius 1 is 1.09 bits per heavy atom. The molecule has 2 unspecified atom stereocenters. The van der Waals surface area contributed by atoms with Crippen LogP contribution in [-0.4, -0.2) is 49.1 Å². The van der Waals surface area contributed by atoms with Crippen molar-refractivity contribution in [2.24, 2.45) is 11.0 Å². The Hall–Kier alpha value is -2.32. The maximum absolute atomic E-state index is 11.3. The summed E-state index contributed by atoms with van der Waals surface area (Å²) in [6.07, 6.45) is -3.78. The summed E-state index contributed by atoms with van der Waals surface area (Å²) >= 11 is 0. The summed E-state index contributed by atoms with van der Waals surface area (Å²) in [5.74, 6) is -2.32. The SMILES string of the molecule is CC(=O)OCC1O[C@@H](N=[N+]=[N-])C(C)[C@@H](OC(C)=O)[C@@H]1OC(C)=O. The van der Waals surface area contributed by atoms with E-state index in [4.69, 9.17) is 24.5 Å². The highest BCUT2D eigenvalue weighted by Gasteiger charge is 2.48. The molecule has 5 atom stereocenters. The molecule has 0 bridgehead atoms. The molecule has 23 heavy (non-hydrogen) atoms. The van der Waals surface area contributed by atoms with E-state index in [9.17, 15) is 14.4 Å². The van der Waals surface area contributed by atoms with E-state index in [1.54, 1.807) is 6.92 Å². The highest BCUT2D eigenvalue weighted by Crippen LogP contribution is 2.31. The summed E-state index contributed by atoms with van der Waals surface area (Å²) in [5, 5.41) is 3.50. The van der Waals surface area contributed by atoms with E-state index in [2.05, 4.69) is 10.0 Å². The van der Waals surface area contributed by atoms with Gasteiger partial charge in [-0.2, -0.15) is 0 Å². The summed E-state index contributed by atoms with van der Waals surface area (Å²) < 4.78 is 20.8. The first-order chi connectivity index (χ1) is 10.8. The normalized spacial score (nSPS) is 29.8. The number of carbonyl (C=O) groups is 3. The van der Waals surface area contributed by atoms with Crippen molar-refractivity contribution in [2.75, 3.05) is 6.61 Å². The van der Waals surface area contributed by atoms with Crippen LogP contribution in [0.3, 0.4) is 0 Å². The van der Waals surface area contributed by atoms with Gasteiger partial charge in [0.25, 0.3) is 0 Å². The first kappa shape index (κ1) is 18.7. The molecular weight excluding hydrogens is 310 g/mol. The van der Waals surface area contributed by atoms with Gasteiger partial charge in [0, 0.05) is 31.6 Å². The zero-order chi connectivity index (χ0) is 17.6. The molecule has 10 nitrogen and oxygen atoms in total. The van der Waals surface area contributed by atoms with Crippen LogP contribution in [0.1, 0.15) is 27.7 Å². The minimum atomic E-state index is -0.990. The van der Waals surface area contributed by atoms with E-state index in [1.807, 2.05) is 0 Å². The first-order valence-corrected chi connectivity index (χ1v) is 6.93. The van der Waals surface area contributed by atoms with Gasteiger partial charge in [-0.05, 0) is 5.53 Å². The third-order valence-electron chi connectivity index (χ3n) is 3.19. The van der Waals surface area contributed by atoms with Crippen molar-refractivity contribution in [3.05, 3.63) is 10.4 Å². The molecule has 0 saturated carbocycles. The molecule has 0 amide bonds. The fraction of sp³-hybridized carbons (Fsp3) is 0.769. The lowest BCUT2D eigenvalue weighted by Gasteiger charge is -2.42. The zero-order valence-corrected chi connectivity index (χ0v) is 13.3. The predicted octanol–water partition coefficient (Wildman–Crippen LogP) is 1.08. The fourth-order valence-corrected chi connectivity index (χ4v) is 2.27. The van der Waals surface area contributed by atoms with Crippen molar-refractivity contribution in [3.8, 4) is 0 Å². The average molecular weight is 329 g/mol. The lowest BCUT2D eigenvalue weighted by molar-refractivity contribution is -0.229. The Bertz CT molecular complexity index is 518. The number of azide groups is 1. The summed E-state index contributed by atoms with van der Waals surface area (Å²) in [6.45, 7) is 5.00. The number of hydrogen-bond acceptors (Lipinski definition) is 8. The Morgan fingerprint density at radius 3 is 2.13 bits per heavy atom. The number of rotatable bonds is 5. The highest BCUT2D eigenvalue weighted by molar-refractivity contribution is 5.67. The maximum Gasteiger partial charge on any atom is 0.303 e. The monoisotopic (exact) mass is 329 g/mol. The van der Waals surface area contributed by atoms with Crippen LogP contribution in [0, 0.1) is 5.92 Å². The Labute approximate surface area is 132 Å². The lowest BCUT2D eigenvalue weighted by Crippen LogP contribution is -2.57. The van der Waals surface area contributed by atoms with Crippen LogP contribution in [0.2, 0.25) is 0 Å². The second kappa shape index (κ2) is 8.35. The second-order valence-electron chi connectivity index (χ2n) is 5.08. The molecule has 128 valence electrons. The molecule has 10 heteroatoms. The Kier molecular flexibility index (Phi) is 6.80. The van der Waals surface area contributed by atoms with Crippen LogP contribution in [0.4, 0.5) is 0 Å². The van der Waals surface area contributed by atoms with Gasteiger partial charge < -0.3 is 18.9 Å². The van der Waals surface area contributed by atoms with Crippen molar-refractivity contribution >= 4 is 17.9 Å². The Balaban J connectivity index is 3.09. The molecule has 0 N–H and O–H groups in total. The largest absolute Gasteiger partial charge is 0.463 e. The summed E-state index contributed by atoms with van der Waals surface area (Å²) in [6, 6.07) is 0. The van der Waals surface area contributed by atoms with E-state index in [0.717, 1.165) is 0 Å². The van der Waals surface area contributed by atoms with Gasteiger partial charge in [0.2, 0.25) is 0 Å². The molecule has 0 radical (unpaired) electrons. The van der Waals surface area contributed by atoms with E-state index >= 15 is 0 Å². The second-order valence-corrected chi connectivity index (χ2v) is 5.08. The van der Waals surface area contributed by atoms with Gasteiger partial charge in [0.05, 0.1) is 0 Å². The van der Waals surface area contributed by atoms with Crippen molar-refractivity contribution in [2.45, 2.75) is 52.2 Å². The molecule has 1 aliphatic heterocycles. The molecule has 0 aliphatic carbocycles. The van der Waals surface area contributed by atoms with Gasteiger partial charge in [-0.1, -0.05) is 12.0 Å². The van der Waals surface area contributed by atoms with E-state index in [0.29, 0.717) is 0 Å². The molecule has 0 aromatic heterocycles. The number of nitrogens with zero attached hydrogens (tertiary/aromatic N) is 3. The zero-order valence-electron chi connectivity index (χ0n) is 13.3. The molecule has 1 fully saturated rings. The average Bonchev–Trinajstić information content (AvgIpc) is 2.43. The van der Waals surface area contributed by atoms with Crippen LogP contribution in [0.25, 0.3) is 10.4 Å². The van der Waals surface area contributed by atoms with Crippen LogP contribution in [0.15, 0.2) is 5.11 Å². The van der Waals surface area contributed by atoms with Crippen LogP contribution in [0.5, 0.6) is 0 Å². The minimum absolute atomic E-state index is 0.241. The topological polar surface area (TPSA) is 137 Å². The smallest absolute Gasteiger partial charge is 0.303 e. The molecule has 0 spiro atoms. The summed E-state index contributed by atoms with van der Waals surface area (Å²) in [4.78, 5) is 36.3. The van der Waals surface area contributed by atoms with Gasteiger partial charge in [-0.25, -0.2) is 0 Å². The van der Waals surface area contributed by atoms with Gasteiger partial charge >= 0.3 is 17.9 Å². The maximum atomic E-state index is 11.3. The molecule has 1 rings (SSSR count). The van der Waals surface area contributed by atoms with Gasteiger partial charge in [-0.15, -0.1) is 0 Å². The lowest BCUT2D eigenvalue weighted by atomic mass is 9.91. The van der Waals surface area contributed by atoms with E-state index in [-0.39, 0.29) is 6.61 Å². The third kappa shape index (κ3) is 5.42. The van der Waals surface area contributed by atoms with Gasteiger partial charge in [0.15, 0.2) is 6.10 Å². The minimum Gasteiger partial charge on any atom is -0.463 e. The standard InChI is InChI=1S/C13H19N3O7/c1-6-11(21-8(3)18)12(22-9(4)19)10(5-20-7(2)17)23-13(6)15-16-14/h6,10-13H,5H2,1-4H3/t6?,10?,11-,12-,13-/m1/s1. The molecule has 1 heterocycles. The summed E-state index contributed by atoms with van der Waals surface area (Å²) in [7, 11) is 0. The molecule has 0 aromatic rings. The van der Waals surface area contributed by atoms with Crippen molar-refractivity contribution in [3.63, 3.8) is 0 Å². The van der Waals surface area contributed by atoms with E-state index < -0.39 is 48.4 Å². The van der Waals surface area contributed by atoms with Gasteiger partial charge in [0.1, 0.15) is 25.0 Å². The third-order valence-corrected chi connectivity index (χ3v) is 3.19. The van der Waals surface area contributed by atoms with E-state index in [1.165, 1.54) is 20.8 Å². The Morgan fingerprint density at radius 2 is 1.65 bits per heavy atom. The number of carbonyl (C=O) groups excluding carboxylic acids is 3. The van der Waals surface area contributed by atoms with Crippen LogP contribution >= 0.6 is 0 Å². The molecule has 0 aromatic carbocycles. The molecule has 1 aliphatic rings. The predicted molar refractivity (Wildman–Crippen MR) is 74.7 cm³/mol. The first-order valence-electron chi connectivity index (χ1n) is 6.93. The molecule has 1 saturated heterocycles. The van der Waals surface area contributed by atoms with Crippen molar-refractivity contribution in [1.29, 1.82) is 0 Å². The van der Waals surface area contributed by atoms with Crippen LogP contribution in [-0.2, 0) is 33.3 Å². The van der Waals surface area contributed by atoms with Gasteiger partial charge in [-0.3, -0.25) is 14.4 Å². The number of esters is 3.